The number of nitrogens with one attached hydrogen (secondary N) is 2. The fourth-order valence-electron chi connectivity index (χ4n) is 1.71. The first-order valence-electron chi connectivity index (χ1n) is 5.99. The number of carbonyl (C=O) groups excluding carboxylic acids is 1. The van der Waals surface area contributed by atoms with Crippen LogP contribution in [0.4, 0.5) is 23.8 Å². The molecule has 1 aromatic heterocycles. The van der Waals surface area contributed by atoms with Crippen LogP contribution in [0.15, 0.2) is 40.9 Å². The average Bonchev–Trinajstić information content (AvgIpc) is 2.81. The lowest BCUT2D eigenvalue weighted by Crippen LogP contribution is -2.40. The van der Waals surface area contributed by atoms with E-state index in [0.29, 0.717) is 5.76 Å². The number of aryl methyl sites for hydroxylation is 1. The Labute approximate surface area is 118 Å². The van der Waals surface area contributed by atoms with E-state index in [2.05, 4.69) is 10.5 Å². The van der Waals surface area contributed by atoms with Gasteiger partial charge in [-0.3, -0.25) is 5.32 Å². The van der Waals surface area contributed by atoms with Gasteiger partial charge in [0.15, 0.2) is 11.9 Å². The monoisotopic (exact) mass is 299 g/mol. The molecule has 0 aliphatic heterocycles. The zero-order valence-corrected chi connectivity index (χ0v) is 10.9. The summed E-state index contributed by atoms with van der Waals surface area (Å²) in [7, 11) is 0. The summed E-state index contributed by atoms with van der Waals surface area (Å²) < 4.78 is 43.8. The van der Waals surface area contributed by atoms with Gasteiger partial charge < -0.3 is 9.84 Å². The SMILES string of the molecule is Cc1cc(NC(=O)N[C@@H](c2ccccc2)C(F)(F)F)no1. The fraction of sp³-hybridized carbons (Fsp3) is 0.231. The predicted molar refractivity (Wildman–Crippen MR) is 68.6 cm³/mol. The third-order valence-electron chi connectivity index (χ3n) is 2.61. The van der Waals surface area contributed by atoms with Gasteiger partial charge in [0.25, 0.3) is 0 Å². The number of benzene rings is 1. The molecule has 0 aliphatic rings. The lowest BCUT2D eigenvalue weighted by atomic mass is 10.1. The third kappa shape index (κ3) is 3.98. The molecule has 0 spiro atoms. The van der Waals surface area contributed by atoms with Crippen LogP contribution in [0, 0.1) is 6.92 Å². The van der Waals surface area contributed by atoms with Crippen molar-refractivity contribution in [3.63, 3.8) is 0 Å². The molecule has 0 unspecified atom stereocenters. The van der Waals surface area contributed by atoms with Crippen LogP contribution >= 0.6 is 0 Å². The number of hydrogen-bond acceptors (Lipinski definition) is 3. The van der Waals surface area contributed by atoms with E-state index >= 15 is 0 Å². The minimum Gasteiger partial charge on any atom is -0.360 e. The number of alkyl halides is 3. The first kappa shape index (κ1) is 14.9. The molecule has 5 nitrogen and oxygen atoms in total. The van der Waals surface area contributed by atoms with Crippen LogP contribution < -0.4 is 10.6 Å². The summed E-state index contributed by atoms with van der Waals surface area (Å²) in [6.45, 7) is 1.60. The Morgan fingerprint density at radius 1 is 1.29 bits per heavy atom. The Bertz CT molecular complexity index is 611. The van der Waals surface area contributed by atoms with Crippen LogP contribution in [0.3, 0.4) is 0 Å². The lowest BCUT2D eigenvalue weighted by Gasteiger charge is -2.21. The van der Waals surface area contributed by atoms with Crippen LogP contribution in [0.2, 0.25) is 0 Å². The zero-order valence-electron chi connectivity index (χ0n) is 10.9. The highest BCUT2D eigenvalue weighted by Crippen LogP contribution is 2.32. The van der Waals surface area contributed by atoms with E-state index in [4.69, 9.17) is 4.52 Å². The first-order chi connectivity index (χ1) is 9.86. The molecule has 8 heteroatoms. The summed E-state index contributed by atoms with van der Waals surface area (Å²) in [4.78, 5) is 11.6. The third-order valence-corrected chi connectivity index (χ3v) is 2.61. The standard InChI is InChI=1S/C13H12F3N3O2/c1-8-7-10(19-21-8)17-12(20)18-11(13(14,15)16)9-5-3-2-4-6-9/h2-7,11H,1H3,(H2,17,18,19,20)/t11-/m0/s1. The summed E-state index contributed by atoms with van der Waals surface area (Å²) >= 11 is 0. The predicted octanol–water partition coefficient (Wildman–Crippen LogP) is 3.41. The van der Waals surface area contributed by atoms with Crippen molar-refractivity contribution in [3.05, 3.63) is 47.7 Å². The second kappa shape index (κ2) is 5.86. The number of rotatable bonds is 3. The van der Waals surface area contributed by atoms with Gasteiger partial charge in [0.1, 0.15) is 5.76 Å². The Balaban J connectivity index is 2.11. The van der Waals surface area contributed by atoms with Gasteiger partial charge in [0.05, 0.1) is 0 Å². The number of amides is 2. The Hall–Kier alpha value is -2.51. The Kier molecular flexibility index (Phi) is 4.15. The van der Waals surface area contributed by atoms with E-state index in [-0.39, 0.29) is 11.4 Å². The topological polar surface area (TPSA) is 67.2 Å². The molecule has 0 bridgehead atoms. The molecular weight excluding hydrogens is 287 g/mol. The molecule has 0 saturated carbocycles. The lowest BCUT2D eigenvalue weighted by molar-refractivity contribution is -0.154. The van der Waals surface area contributed by atoms with Crippen molar-refractivity contribution in [1.82, 2.24) is 10.5 Å². The molecule has 0 fully saturated rings. The maximum Gasteiger partial charge on any atom is 0.412 e. The van der Waals surface area contributed by atoms with Crippen molar-refractivity contribution < 1.29 is 22.5 Å². The number of carbonyl (C=O) groups is 1. The van der Waals surface area contributed by atoms with Crippen molar-refractivity contribution >= 4 is 11.8 Å². The van der Waals surface area contributed by atoms with Gasteiger partial charge in [0, 0.05) is 6.07 Å². The van der Waals surface area contributed by atoms with Gasteiger partial charge >= 0.3 is 12.2 Å². The quantitative estimate of drug-likeness (QED) is 0.912. The van der Waals surface area contributed by atoms with Gasteiger partial charge in [-0.25, -0.2) is 4.79 Å². The van der Waals surface area contributed by atoms with E-state index in [1.165, 1.54) is 30.3 Å². The van der Waals surface area contributed by atoms with Crippen LogP contribution in [0.1, 0.15) is 17.4 Å². The van der Waals surface area contributed by atoms with Crippen molar-refractivity contribution in [2.75, 3.05) is 5.32 Å². The molecule has 1 aromatic carbocycles. The van der Waals surface area contributed by atoms with Crippen molar-refractivity contribution in [2.45, 2.75) is 19.1 Å². The second-order valence-electron chi connectivity index (χ2n) is 4.31. The zero-order chi connectivity index (χ0) is 15.5. The molecule has 0 radical (unpaired) electrons. The van der Waals surface area contributed by atoms with Crippen molar-refractivity contribution in [2.24, 2.45) is 0 Å². The van der Waals surface area contributed by atoms with Crippen LogP contribution in [0.25, 0.3) is 0 Å². The van der Waals surface area contributed by atoms with Gasteiger partial charge in [-0.2, -0.15) is 13.2 Å². The largest absolute Gasteiger partial charge is 0.412 e. The highest BCUT2D eigenvalue weighted by atomic mass is 19.4. The van der Waals surface area contributed by atoms with E-state index in [1.54, 1.807) is 13.0 Å². The van der Waals surface area contributed by atoms with E-state index < -0.39 is 18.2 Å². The molecule has 2 N–H and O–H groups in total. The van der Waals surface area contributed by atoms with Gasteiger partial charge in [-0.15, -0.1) is 0 Å². The Morgan fingerprint density at radius 2 is 1.95 bits per heavy atom. The molecule has 2 aromatic rings. The number of urea groups is 1. The minimum absolute atomic E-state index is 0.0407. The molecular formula is C13H12F3N3O2. The number of aromatic nitrogens is 1. The van der Waals surface area contributed by atoms with E-state index in [9.17, 15) is 18.0 Å². The normalized spacial score (nSPS) is 12.8. The maximum absolute atomic E-state index is 13.0. The highest BCUT2D eigenvalue weighted by Gasteiger charge is 2.41. The van der Waals surface area contributed by atoms with Crippen LogP contribution in [0.5, 0.6) is 0 Å². The molecule has 0 saturated heterocycles. The number of anilines is 1. The number of hydrogen-bond donors (Lipinski definition) is 2. The van der Waals surface area contributed by atoms with E-state index in [0.717, 1.165) is 0 Å². The molecule has 2 amide bonds. The molecule has 21 heavy (non-hydrogen) atoms. The van der Waals surface area contributed by atoms with Gasteiger partial charge in [-0.05, 0) is 12.5 Å². The molecule has 112 valence electrons. The minimum atomic E-state index is -4.61. The summed E-state index contributed by atoms with van der Waals surface area (Å²) in [5.41, 5.74) is -0.0588. The summed E-state index contributed by atoms with van der Waals surface area (Å²) in [5, 5.41) is 7.52. The van der Waals surface area contributed by atoms with Crippen molar-refractivity contribution in [3.8, 4) is 0 Å². The number of nitrogens with zero attached hydrogens (tertiary/aromatic N) is 1. The van der Waals surface area contributed by atoms with Crippen LogP contribution in [-0.2, 0) is 0 Å². The first-order valence-corrected chi connectivity index (χ1v) is 5.99. The molecule has 1 heterocycles. The average molecular weight is 299 g/mol. The highest BCUT2D eigenvalue weighted by molar-refractivity contribution is 5.88. The smallest absolute Gasteiger partial charge is 0.360 e. The molecule has 0 aliphatic carbocycles. The summed E-state index contributed by atoms with van der Waals surface area (Å²) in [6.07, 6.45) is -4.61. The van der Waals surface area contributed by atoms with Crippen molar-refractivity contribution in [1.29, 1.82) is 0 Å². The van der Waals surface area contributed by atoms with Gasteiger partial charge in [-0.1, -0.05) is 35.5 Å². The molecule has 2 rings (SSSR count). The molecule has 1 atom stereocenters. The summed E-state index contributed by atoms with van der Waals surface area (Å²) in [5.74, 6) is 0.472. The second-order valence-corrected chi connectivity index (χ2v) is 4.31. The van der Waals surface area contributed by atoms with E-state index in [1.807, 2.05) is 5.32 Å². The Morgan fingerprint density at radius 3 is 2.48 bits per heavy atom. The fourth-order valence-corrected chi connectivity index (χ4v) is 1.71. The maximum atomic E-state index is 13.0. The van der Waals surface area contributed by atoms with Gasteiger partial charge in [0.2, 0.25) is 0 Å². The van der Waals surface area contributed by atoms with Crippen LogP contribution in [-0.4, -0.2) is 17.4 Å². The summed E-state index contributed by atoms with van der Waals surface area (Å²) in [6, 6.07) is 5.38. The number of halogens is 3.